The lowest BCUT2D eigenvalue weighted by atomic mass is 10.1. The number of carbonyl (C=O) groups excluding carboxylic acids is 2. The zero-order valence-electron chi connectivity index (χ0n) is 18.1. The van der Waals surface area contributed by atoms with E-state index < -0.39 is 23.1 Å². The SMILES string of the molecule is CC(=NNC(=O)C(=O)NN=C(C)c1cc2ccccc2oc1=O)c1cc2ccccc2oc1=O. The maximum Gasteiger partial charge on any atom is 0.345 e. The second-order valence-electron chi connectivity index (χ2n) is 7.25. The van der Waals surface area contributed by atoms with E-state index in [0.717, 1.165) is 0 Å². The second-order valence-corrected chi connectivity index (χ2v) is 7.25. The van der Waals surface area contributed by atoms with Crippen LogP contribution in [-0.4, -0.2) is 23.2 Å². The Hall–Kier alpha value is -4.86. The molecule has 34 heavy (non-hydrogen) atoms. The summed E-state index contributed by atoms with van der Waals surface area (Å²) in [6, 6.07) is 17.0. The normalized spacial score (nSPS) is 12.1. The monoisotopic (exact) mass is 458 g/mol. The smallest absolute Gasteiger partial charge is 0.345 e. The summed E-state index contributed by atoms with van der Waals surface area (Å²) in [5, 5.41) is 8.96. The van der Waals surface area contributed by atoms with Crippen LogP contribution in [0.3, 0.4) is 0 Å². The Balaban J connectivity index is 1.45. The minimum absolute atomic E-state index is 0.135. The van der Waals surface area contributed by atoms with Crippen LogP contribution in [0, 0.1) is 0 Å². The van der Waals surface area contributed by atoms with E-state index in [2.05, 4.69) is 21.1 Å². The summed E-state index contributed by atoms with van der Waals surface area (Å²) in [5.74, 6) is -2.24. The topological polar surface area (TPSA) is 143 Å². The average Bonchev–Trinajstić information content (AvgIpc) is 2.84. The van der Waals surface area contributed by atoms with Crippen molar-refractivity contribution in [1.82, 2.24) is 10.9 Å². The van der Waals surface area contributed by atoms with Crippen LogP contribution >= 0.6 is 0 Å². The summed E-state index contributed by atoms with van der Waals surface area (Å²) in [6.45, 7) is 2.97. The van der Waals surface area contributed by atoms with Gasteiger partial charge in [-0.25, -0.2) is 20.4 Å². The van der Waals surface area contributed by atoms with Crippen molar-refractivity contribution in [2.24, 2.45) is 10.2 Å². The Morgan fingerprint density at radius 3 is 1.47 bits per heavy atom. The fraction of sp³-hybridized carbons (Fsp3) is 0.0833. The molecule has 10 nitrogen and oxygen atoms in total. The summed E-state index contributed by atoms with van der Waals surface area (Å²) >= 11 is 0. The molecule has 2 heterocycles. The van der Waals surface area contributed by atoms with Gasteiger partial charge >= 0.3 is 23.1 Å². The number of fused-ring (bicyclic) bond motifs is 2. The Morgan fingerprint density at radius 1 is 0.676 bits per heavy atom. The lowest BCUT2D eigenvalue weighted by Crippen LogP contribution is -2.36. The molecule has 4 aromatic rings. The molecule has 0 unspecified atom stereocenters. The third-order valence-electron chi connectivity index (χ3n) is 4.92. The lowest BCUT2D eigenvalue weighted by Gasteiger charge is -2.04. The molecule has 0 saturated heterocycles. The standard InChI is InChI=1S/C24H18N4O6/c1-13(17-11-15-7-3-5-9-19(15)33-23(17)31)25-27-21(29)22(30)28-26-14(2)18-12-16-8-4-6-10-20(16)34-24(18)32/h3-12H,1-2H3,(H,27,29)(H,28,30). The van der Waals surface area contributed by atoms with Crippen molar-refractivity contribution in [1.29, 1.82) is 0 Å². The third-order valence-corrected chi connectivity index (χ3v) is 4.92. The van der Waals surface area contributed by atoms with E-state index >= 15 is 0 Å². The van der Waals surface area contributed by atoms with Crippen molar-refractivity contribution in [2.45, 2.75) is 13.8 Å². The van der Waals surface area contributed by atoms with E-state index in [4.69, 9.17) is 8.83 Å². The first kappa shape index (κ1) is 22.3. The number of benzene rings is 2. The summed E-state index contributed by atoms with van der Waals surface area (Å²) in [4.78, 5) is 48.5. The molecule has 0 aliphatic heterocycles. The number of rotatable bonds is 4. The molecule has 10 heteroatoms. The van der Waals surface area contributed by atoms with Gasteiger partial charge in [0.25, 0.3) is 0 Å². The van der Waals surface area contributed by atoms with Gasteiger partial charge in [0, 0.05) is 10.8 Å². The van der Waals surface area contributed by atoms with Crippen molar-refractivity contribution in [3.05, 3.63) is 92.6 Å². The van der Waals surface area contributed by atoms with Crippen LogP contribution in [0.2, 0.25) is 0 Å². The van der Waals surface area contributed by atoms with Crippen LogP contribution < -0.4 is 22.1 Å². The number of para-hydroxylation sites is 2. The predicted molar refractivity (Wildman–Crippen MR) is 126 cm³/mol. The van der Waals surface area contributed by atoms with Crippen LogP contribution in [0.25, 0.3) is 21.9 Å². The largest absolute Gasteiger partial charge is 0.422 e. The number of nitrogens with one attached hydrogen (secondary N) is 2. The third kappa shape index (κ3) is 4.65. The van der Waals surface area contributed by atoms with Crippen LogP contribution in [0.5, 0.6) is 0 Å². The predicted octanol–water partition coefficient (Wildman–Crippen LogP) is 2.28. The Morgan fingerprint density at radius 2 is 1.06 bits per heavy atom. The minimum Gasteiger partial charge on any atom is -0.422 e. The number of hydrogen-bond acceptors (Lipinski definition) is 8. The highest BCUT2D eigenvalue weighted by atomic mass is 16.4. The van der Waals surface area contributed by atoms with Gasteiger partial charge in [-0.05, 0) is 38.1 Å². The quantitative estimate of drug-likeness (QED) is 0.208. The fourth-order valence-electron chi connectivity index (χ4n) is 3.12. The molecule has 0 fully saturated rings. The van der Waals surface area contributed by atoms with Crippen LogP contribution in [-0.2, 0) is 9.59 Å². The van der Waals surface area contributed by atoms with E-state index in [9.17, 15) is 19.2 Å². The van der Waals surface area contributed by atoms with Gasteiger partial charge < -0.3 is 8.83 Å². The van der Waals surface area contributed by atoms with E-state index in [1.807, 2.05) is 0 Å². The summed E-state index contributed by atoms with van der Waals surface area (Å²) in [7, 11) is 0. The molecule has 0 aliphatic rings. The molecule has 2 aromatic heterocycles. The molecule has 170 valence electrons. The van der Waals surface area contributed by atoms with Gasteiger partial charge in [-0.3, -0.25) is 9.59 Å². The van der Waals surface area contributed by atoms with Crippen molar-refractivity contribution >= 4 is 45.2 Å². The number of amides is 2. The fourth-order valence-corrected chi connectivity index (χ4v) is 3.12. The molecule has 2 amide bonds. The molecular weight excluding hydrogens is 440 g/mol. The molecular formula is C24H18N4O6. The summed E-state index contributed by atoms with van der Waals surface area (Å²) < 4.78 is 10.5. The average molecular weight is 458 g/mol. The Bertz CT molecular complexity index is 1490. The molecule has 0 saturated carbocycles. The second kappa shape index (κ2) is 9.33. The molecule has 0 bridgehead atoms. The molecule has 0 spiro atoms. The van der Waals surface area contributed by atoms with Gasteiger partial charge in [0.05, 0.1) is 22.6 Å². The van der Waals surface area contributed by atoms with Crippen LogP contribution in [0.15, 0.2) is 89.3 Å². The Labute approximate surface area is 191 Å². The summed E-state index contributed by atoms with van der Waals surface area (Å²) in [6.07, 6.45) is 0. The van der Waals surface area contributed by atoms with Crippen molar-refractivity contribution in [2.75, 3.05) is 0 Å². The van der Waals surface area contributed by atoms with Gasteiger partial charge in [-0.2, -0.15) is 10.2 Å². The van der Waals surface area contributed by atoms with Gasteiger partial charge in [0.1, 0.15) is 11.2 Å². The minimum atomic E-state index is -1.12. The van der Waals surface area contributed by atoms with Gasteiger partial charge in [-0.15, -0.1) is 0 Å². The summed E-state index contributed by atoms with van der Waals surface area (Å²) in [5.41, 5.74) is 4.26. The van der Waals surface area contributed by atoms with Gasteiger partial charge in [0.2, 0.25) is 0 Å². The number of hydrogen-bond donors (Lipinski definition) is 2. The van der Waals surface area contributed by atoms with Crippen LogP contribution in [0.4, 0.5) is 0 Å². The van der Waals surface area contributed by atoms with E-state index in [-0.39, 0.29) is 22.6 Å². The highest BCUT2D eigenvalue weighted by Crippen LogP contribution is 2.14. The number of hydrazone groups is 2. The first-order chi connectivity index (χ1) is 16.3. The molecule has 0 aliphatic carbocycles. The molecule has 2 aromatic carbocycles. The lowest BCUT2D eigenvalue weighted by molar-refractivity contribution is -0.139. The van der Waals surface area contributed by atoms with E-state index in [0.29, 0.717) is 21.9 Å². The maximum absolute atomic E-state index is 12.2. The zero-order valence-corrected chi connectivity index (χ0v) is 18.1. The van der Waals surface area contributed by atoms with E-state index in [1.165, 1.54) is 13.8 Å². The van der Waals surface area contributed by atoms with Crippen molar-refractivity contribution < 1.29 is 18.4 Å². The van der Waals surface area contributed by atoms with Crippen molar-refractivity contribution in [3.63, 3.8) is 0 Å². The number of nitrogens with zero attached hydrogens (tertiary/aromatic N) is 2. The molecule has 2 N–H and O–H groups in total. The molecule has 4 rings (SSSR count). The number of carbonyl (C=O) groups is 2. The van der Waals surface area contributed by atoms with Gasteiger partial charge in [0.15, 0.2) is 0 Å². The first-order valence-corrected chi connectivity index (χ1v) is 10.1. The van der Waals surface area contributed by atoms with Gasteiger partial charge in [-0.1, -0.05) is 36.4 Å². The zero-order chi connectivity index (χ0) is 24.2. The van der Waals surface area contributed by atoms with E-state index in [1.54, 1.807) is 60.7 Å². The molecule has 0 atom stereocenters. The first-order valence-electron chi connectivity index (χ1n) is 10.1. The highest BCUT2D eigenvalue weighted by Gasteiger charge is 2.15. The molecule has 0 radical (unpaired) electrons. The maximum atomic E-state index is 12.2. The highest BCUT2D eigenvalue weighted by molar-refractivity contribution is 6.35. The Kier molecular flexibility index (Phi) is 6.13. The van der Waals surface area contributed by atoms with Crippen molar-refractivity contribution in [3.8, 4) is 0 Å². The van der Waals surface area contributed by atoms with Crippen LogP contribution in [0.1, 0.15) is 25.0 Å².